The molecule has 1 amide bonds. The lowest BCUT2D eigenvalue weighted by molar-refractivity contribution is -0.121. The fourth-order valence-corrected chi connectivity index (χ4v) is 3.54. The van der Waals surface area contributed by atoms with Crippen LogP contribution in [0.1, 0.15) is 24.8 Å². The van der Waals surface area contributed by atoms with Gasteiger partial charge in [-0.2, -0.15) is 0 Å². The maximum Gasteiger partial charge on any atom is 0.221 e. The van der Waals surface area contributed by atoms with E-state index >= 15 is 0 Å². The summed E-state index contributed by atoms with van der Waals surface area (Å²) in [7, 11) is -1.92. The lowest BCUT2D eigenvalue weighted by Gasteiger charge is -2.17. The standard InChI is InChI=1S/C16H24N2O4S/c1-18(13-14-6-3-2-4-7-14)23(20,21)11-9-16(19)17-12-15-8-5-10-22-15/h2-4,6-7,15H,5,8-13H2,1H3,(H,17,19). The fraction of sp³-hybridized carbons (Fsp3) is 0.562. The number of ether oxygens (including phenoxy) is 1. The molecule has 6 nitrogen and oxygen atoms in total. The summed E-state index contributed by atoms with van der Waals surface area (Å²) in [6.45, 7) is 1.50. The van der Waals surface area contributed by atoms with Crippen LogP contribution in [0.2, 0.25) is 0 Å². The number of rotatable bonds is 8. The molecule has 1 unspecified atom stereocenters. The second kappa shape index (κ2) is 8.42. The van der Waals surface area contributed by atoms with Gasteiger partial charge in [-0.3, -0.25) is 4.79 Å². The average molecular weight is 340 g/mol. The summed E-state index contributed by atoms with van der Waals surface area (Å²) in [4.78, 5) is 11.8. The van der Waals surface area contributed by atoms with Gasteiger partial charge >= 0.3 is 0 Å². The lowest BCUT2D eigenvalue weighted by Crippen LogP contribution is -2.35. The monoisotopic (exact) mass is 340 g/mol. The van der Waals surface area contributed by atoms with Crippen LogP contribution in [0.15, 0.2) is 30.3 Å². The van der Waals surface area contributed by atoms with E-state index in [1.165, 1.54) is 11.4 Å². The van der Waals surface area contributed by atoms with E-state index in [2.05, 4.69) is 5.32 Å². The quantitative estimate of drug-likeness (QED) is 0.770. The predicted molar refractivity (Wildman–Crippen MR) is 88.3 cm³/mol. The van der Waals surface area contributed by atoms with Crippen LogP contribution in [0.4, 0.5) is 0 Å². The Morgan fingerprint density at radius 2 is 2.09 bits per heavy atom. The third-order valence-electron chi connectivity index (χ3n) is 3.86. The third kappa shape index (κ3) is 5.93. The number of hydrogen-bond acceptors (Lipinski definition) is 4. The molecule has 1 saturated heterocycles. The average Bonchev–Trinajstić information content (AvgIpc) is 3.05. The van der Waals surface area contributed by atoms with Crippen molar-refractivity contribution < 1.29 is 17.9 Å². The molecule has 1 aliphatic rings. The minimum Gasteiger partial charge on any atom is -0.376 e. The zero-order valence-corrected chi connectivity index (χ0v) is 14.2. The van der Waals surface area contributed by atoms with E-state index < -0.39 is 10.0 Å². The lowest BCUT2D eigenvalue weighted by atomic mass is 10.2. The molecular formula is C16H24N2O4S. The molecule has 1 aliphatic heterocycles. The molecule has 23 heavy (non-hydrogen) atoms. The molecule has 0 spiro atoms. The highest BCUT2D eigenvalue weighted by atomic mass is 32.2. The van der Waals surface area contributed by atoms with Crippen LogP contribution in [-0.4, -0.2) is 50.7 Å². The Labute approximate surface area is 137 Å². The van der Waals surface area contributed by atoms with E-state index in [-0.39, 0.29) is 24.2 Å². The zero-order valence-electron chi connectivity index (χ0n) is 13.4. The maximum absolute atomic E-state index is 12.2. The van der Waals surface area contributed by atoms with E-state index in [0.29, 0.717) is 13.1 Å². The van der Waals surface area contributed by atoms with E-state index in [0.717, 1.165) is 25.0 Å². The molecule has 1 aromatic rings. The van der Waals surface area contributed by atoms with E-state index in [1.807, 2.05) is 30.3 Å². The molecule has 1 atom stereocenters. The van der Waals surface area contributed by atoms with Gasteiger partial charge in [0.25, 0.3) is 0 Å². The Balaban J connectivity index is 1.74. The van der Waals surface area contributed by atoms with Crippen molar-refractivity contribution in [3.05, 3.63) is 35.9 Å². The van der Waals surface area contributed by atoms with Gasteiger partial charge < -0.3 is 10.1 Å². The number of carbonyl (C=O) groups excluding carboxylic acids is 1. The molecule has 7 heteroatoms. The molecule has 0 bridgehead atoms. The van der Waals surface area contributed by atoms with Crippen molar-refractivity contribution in [3.8, 4) is 0 Å². The topological polar surface area (TPSA) is 75.7 Å². The van der Waals surface area contributed by atoms with Crippen LogP contribution >= 0.6 is 0 Å². The molecule has 1 aromatic carbocycles. The van der Waals surface area contributed by atoms with Crippen molar-refractivity contribution in [3.63, 3.8) is 0 Å². The fourth-order valence-electron chi connectivity index (χ4n) is 2.44. The summed E-state index contributed by atoms with van der Waals surface area (Å²) in [5.74, 6) is -0.439. The molecule has 0 aromatic heterocycles. The second-order valence-electron chi connectivity index (χ2n) is 5.75. The van der Waals surface area contributed by atoms with Crippen LogP contribution in [0.5, 0.6) is 0 Å². The predicted octanol–water partition coefficient (Wildman–Crippen LogP) is 1.13. The number of hydrogen-bond donors (Lipinski definition) is 1. The number of sulfonamides is 1. The third-order valence-corrected chi connectivity index (χ3v) is 5.66. The number of nitrogens with one attached hydrogen (secondary N) is 1. The van der Waals surface area contributed by atoms with Gasteiger partial charge in [0.2, 0.25) is 15.9 Å². The van der Waals surface area contributed by atoms with E-state index in [4.69, 9.17) is 4.74 Å². The minimum absolute atomic E-state index is 0.0335. The van der Waals surface area contributed by atoms with E-state index in [9.17, 15) is 13.2 Å². The normalized spacial score (nSPS) is 18.3. The van der Waals surface area contributed by atoms with Crippen molar-refractivity contribution in [2.24, 2.45) is 0 Å². The maximum atomic E-state index is 12.2. The van der Waals surface area contributed by atoms with Gasteiger partial charge in [0.15, 0.2) is 0 Å². The van der Waals surface area contributed by atoms with Crippen molar-refractivity contribution in [2.75, 3.05) is 26.0 Å². The largest absolute Gasteiger partial charge is 0.376 e. The van der Waals surface area contributed by atoms with Crippen LogP contribution in [0.3, 0.4) is 0 Å². The Bertz CT molecular complexity index is 598. The molecule has 1 heterocycles. The highest BCUT2D eigenvalue weighted by Crippen LogP contribution is 2.11. The second-order valence-corrected chi connectivity index (χ2v) is 7.94. The van der Waals surface area contributed by atoms with Gasteiger partial charge in [-0.25, -0.2) is 12.7 Å². The van der Waals surface area contributed by atoms with Crippen LogP contribution in [0.25, 0.3) is 0 Å². The summed E-state index contributed by atoms with van der Waals surface area (Å²) in [5.41, 5.74) is 0.918. The Kier molecular flexibility index (Phi) is 6.56. The van der Waals surface area contributed by atoms with E-state index in [1.54, 1.807) is 0 Å². The molecule has 1 fully saturated rings. The number of nitrogens with zero attached hydrogens (tertiary/aromatic N) is 1. The summed E-state index contributed by atoms with van der Waals surface area (Å²) in [6.07, 6.45) is 1.99. The zero-order chi connectivity index (χ0) is 16.7. The van der Waals surface area contributed by atoms with Crippen LogP contribution < -0.4 is 5.32 Å². The smallest absolute Gasteiger partial charge is 0.221 e. The summed E-state index contributed by atoms with van der Waals surface area (Å²) < 4.78 is 31.1. The molecule has 0 radical (unpaired) electrons. The van der Waals surface area contributed by atoms with Gasteiger partial charge in [-0.1, -0.05) is 30.3 Å². The molecule has 0 aliphatic carbocycles. The molecule has 0 saturated carbocycles. The van der Waals surface area contributed by atoms with Crippen molar-refractivity contribution in [1.82, 2.24) is 9.62 Å². The minimum atomic E-state index is -3.45. The Hall–Kier alpha value is -1.44. The van der Waals surface area contributed by atoms with Gasteiger partial charge in [0.1, 0.15) is 0 Å². The van der Waals surface area contributed by atoms with Crippen LogP contribution in [-0.2, 0) is 26.1 Å². The van der Waals surface area contributed by atoms with Crippen molar-refractivity contribution in [1.29, 1.82) is 0 Å². The van der Waals surface area contributed by atoms with Gasteiger partial charge in [-0.05, 0) is 18.4 Å². The number of benzene rings is 1. The van der Waals surface area contributed by atoms with Crippen LogP contribution in [0, 0.1) is 0 Å². The van der Waals surface area contributed by atoms with Gasteiger partial charge in [-0.15, -0.1) is 0 Å². The summed E-state index contributed by atoms with van der Waals surface area (Å²) in [5, 5.41) is 2.74. The number of carbonyl (C=O) groups is 1. The molecule has 1 N–H and O–H groups in total. The van der Waals surface area contributed by atoms with Gasteiger partial charge in [0.05, 0.1) is 11.9 Å². The Morgan fingerprint density at radius 3 is 2.74 bits per heavy atom. The first-order valence-electron chi connectivity index (χ1n) is 7.83. The molecule has 2 rings (SSSR count). The highest BCUT2D eigenvalue weighted by molar-refractivity contribution is 7.89. The van der Waals surface area contributed by atoms with Crippen molar-refractivity contribution >= 4 is 15.9 Å². The van der Waals surface area contributed by atoms with Gasteiger partial charge in [0, 0.05) is 33.2 Å². The molecule has 128 valence electrons. The highest BCUT2D eigenvalue weighted by Gasteiger charge is 2.21. The Morgan fingerprint density at radius 1 is 1.35 bits per heavy atom. The first-order chi connectivity index (χ1) is 11.0. The number of amides is 1. The summed E-state index contributed by atoms with van der Waals surface area (Å²) in [6, 6.07) is 9.37. The first-order valence-corrected chi connectivity index (χ1v) is 9.44. The van der Waals surface area contributed by atoms with Crippen molar-refractivity contribution in [2.45, 2.75) is 31.9 Å². The molecular weight excluding hydrogens is 316 g/mol. The first kappa shape index (κ1) is 17.9. The SMILES string of the molecule is CN(Cc1ccccc1)S(=O)(=O)CCC(=O)NCC1CCCO1. The summed E-state index contributed by atoms with van der Waals surface area (Å²) >= 11 is 0.